The van der Waals surface area contributed by atoms with E-state index in [0.717, 1.165) is 46.7 Å². The number of benzene rings is 1. The van der Waals surface area contributed by atoms with Gasteiger partial charge in [-0.1, -0.05) is 5.16 Å². The standard InChI is InChI=1S/C19H22N2O4/c1-11-17(12(2)25-20-11)14-8-15-10-21(19(22)13-4-5-13)6-7-24-18(15)16(9-14)23-3/h8-9,13H,4-7,10H2,1-3H3. The van der Waals surface area contributed by atoms with Crippen LogP contribution in [0.1, 0.15) is 29.9 Å². The van der Waals surface area contributed by atoms with Crippen molar-refractivity contribution in [2.24, 2.45) is 5.92 Å². The highest BCUT2D eigenvalue weighted by molar-refractivity contribution is 5.81. The highest BCUT2D eigenvalue weighted by atomic mass is 16.5. The molecule has 2 aliphatic rings. The summed E-state index contributed by atoms with van der Waals surface area (Å²) in [4.78, 5) is 14.4. The van der Waals surface area contributed by atoms with E-state index in [1.165, 1.54) is 0 Å². The zero-order valence-electron chi connectivity index (χ0n) is 14.8. The van der Waals surface area contributed by atoms with Gasteiger partial charge in [0.25, 0.3) is 0 Å². The molecule has 2 aromatic rings. The van der Waals surface area contributed by atoms with Gasteiger partial charge in [-0.05, 0) is 44.4 Å². The van der Waals surface area contributed by atoms with Crippen LogP contribution in [-0.2, 0) is 11.3 Å². The number of nitrogens with zero attached hydrogens (tertiary/aromatic N) is 2. The Labute approximate surface area is 146 Å². The number of fused-ring (bicyclic) bond motifs is 1. The lowest BCUT2D eigenvalue weighted by Crippen LogP contribution is -2.33. The Hall–Kier alpha value is -2.50. The van der Waals surface area contributed by atoms with Crippen LogP contribution in [0.15, 0.2) is 16.7 Å². The van der Waals surface area contributed by atoms with E-state index in [-0.39, 0.29) is 11.8 Å². The molecule has 0 bridgehead atoms. The normalized spacial score (nSPS) is 16.8. The predicted molar refractivity (Wildman–Crippen MR) is 91.6 cm³/mol. The topological polar surface area (TPSA) is 64.8 Å². The van der Waals surface area contributed by atoms with Crippen LogP contribution < -0.4 is 9.47 Å². The van der Waals surface area contributed by atoms with Crippen LogP contribution in [0, 0.1) is 19.8 Å². The first-order chi connectivity index (χ1) is 12.1. The van der Waals surface area contributed by atoms with Gasteiger partial charge in [-0.15, -0.1) is 0 Å². The van der Waals surface area contributed by atoms with Crippen LogP contribution in [0.5, 0.6) is 11.5 Å². The summed E-state index contributed by atoms with van der Waals surface area (Å²) in [5.41, 5.74) is 3.72. The van der Waals surface area contributed by atoms with Crippen molar-refractivity contribution in [1.82, 2.24) is 10.1 Å². The Kier molecular flexibility index (Phi) is 3.90. The molecule has 1 amide bonds. The van der Waals surface area contributed by atoms with Gasteiger partial charge in [0.05, 0.1) is 19.3 Å². The molecule has 1 aromatic heterocycles. The zero-order valence-corrected chi connectivity index (χ0v) is 14.8. The van der Waals surface area contributed by atoms with Crippen LogP contribution in [0.2, 0.25) is 0 Å². The number of hydrogen-bond donors (Lipinski definition) is 0. The van der Waals surface area contributed by atoms with Crippen molar-refractivity contribution in [3.8, 4) is 22.6 Å². The van der Waals surface area contributed by atoms with Gasteiger partial charge in [0.2, 0.25) is 5.91 Å². The Bertz CT molecular complexity index is 804. The summed E-state index contributed by atoms with van der Waals surface area (Å²) in [5, 5.41) is 4.04. The van der Waals surface area contributed by atoms with Gasteiger partial charge >= 0.3 is 0 Å². The largest absolute Gasteiger partial charge is 0.493 e. The maximum Gasteiger partial charge on any atom is 0.226 e. The number of rotatable bonds is 3. The third kappa shape index (κ3) is 2.86. The number of methoxy groups -OCH3 is 1. The summed E-state index contributed by atoms with van der Waals surface area (Å²) < 4.78 is 16.8. The summed E-state index contributed by atoms with van der Waals surface area (Å²) in [6, 6.07) is 4.01. The molecule has 0 saturated heterocycles. The Morgan fingerprint density at radius 3 is 2.76 bits per heavy atom. The molecule has 1 saturated carbocycles. The number of ether oxygens (including phenoxy) is 2. The van der Waals surface area contributed by atoms with Crippen LogP contribution in [0.4, 0.5) is 0 Å². The predicted octanol–water partition coefficient (Wildman–Crippen LogP) is 3.10. The van der Waals surface area contributed by atoms with E-state index in [1.807, 2.05) is 24.8 Å². The number of amides is 1. The minimum absolute atomic E-state index is 0.203. The van der Waals surface area contributed by atoms with Crippen LogP contribution >= 0.6 is 0 Å². The van der Waals surface area contributed by atoms with Gasteiger partial charge in [0.1, 0.15) is 12.4 Å². The highest BCUT2D eigenvalue weighted by Crippen LogP contribution is 2.40. The van der Waals surface area contributed by atoms with E-state index in [9.17, 15) is 4.79 Å². The first-order valence-electron chi connectivity index (χ1n) is 8.64. The van der Waals surface area contributed by atoms with E-state index in [4.69, 9.17) is 14.0 Å². The molecule has 1 aliphatic carbocycles. The lowest BCUT2D eigenvalue weighted by molar-refractivity contribution is -0.133. The Morgan fingerprint density at radius 1 is 1.32 bits per heavy atom. The second-order valence-corrected chi connectivity index (χ2v) is 6.75. The fourth-order valence-electron chi connectivity index (χ4n) is 3.45. The van der Waals surface area contributed by atoms with E-state index in [1.54, 1.807) is 7.11 Å². The van der Waals surface area contributed by atoms with Gasteiger partial charge in [-0.25, -0.2) is 0 Å². The lowest BCUT2D eigenvalue weighted by Gasteiger charge is -2.20. The fraction of sp³-hybridized carbons (Fsp3) is 0.474. The average Bonchev–Trinajstić information content (AvgIpc) is 3.41. The maximum absolute atomic E-state index is 12.5. The second kappa shape index (κ2) is 6.10. The fourth-order valence-corrected chi connectivity index (χ4v) is 3.45. The second-order valence-electron chi connectivity index (χ2n) is 6.75. The summed E-state index contributed by atoms with van der Waals surface area (Å²) in [7, 11) is 1.63. The van der Waals surface area contributed by atoms with E-state index < -0.39 is 0 Å². The first-order valence-corrected chi connectivity index (χ1v) is 8.64. The van der Waals surface area contributed by atoms with Gasteiger partial charge in [-0.3, -0.25) is 4.79 Å². The SMILES string of the molecule is COc1cc(-c2c(C)noc2C)cc2c1OCCN(C(=O)C1CC1)C2. The molecule has 1 aromatic carbocycles. The molecule has 25 heavy (non-hydrogen) atoms. The number of aryl methyl sites for hydroxylation is 2. The van der Waals surface area contributed by atoms with Gasteiger partial charge in [0.15, 0.2) is 11.5 Å². The molecule has 6 nitrogen and oxygen atoms in total. The van der Waals surface area contributed by atoms with Crippen LogP contribution in [0.3, 0.4) is 0 Å². The maximum atomic E-state index is 12.5. The molecule has 0 spiro atoms. The molecule has 2 heterocycles. The van der Waals surface area contributed by atoms with Crippen molar-refractivity contribution in [2.75, 3.05) is 20.3 Å². The minimum atomic E-state index is 0.203. The minimum Gasteiger partial charge on any atom is -0.493 e. The van der Waals surface area contributed by atoms with Crippen molar-refractivity contribution in [3.05, 3.63) is 29.2 Å². The third-order valence-corrected chi connectivity index (χ3v) is 4.88. The molecule has 0 radical (unpaired) electrons. The molecule has 132 valence electrons. The van der Waals surface area contributed by atoms with Crippen molar-refractivity contribution < 1.29 is 18.8 Å². The van der Waals surface area contributed by atoms with E-state index >= 15 is 0 Å². The van der Waals surface area contributed by atoms with E-state index in [0.29, 0.717) is 25.4 Å². The number of carbonyl (C=O) groups is 1. The van der Waals surface area contributed by atoms with Crippen LogP contribution in [-0.4, -0.2) is 36.2 Å². The molecule has 0 atom stereocenters. The molecule has 6 heteroatoms. The Morgan fingerprint density at radius 2 is 2.12 bits per heavy atom. The number of carbonyl (C=O) groups excluding carboxylic acids is 1. The molecule has 4 rings (SSSR count). The third-order valence-electron chi connectivity index (χ3n) is 4.88. The Balaban J connectivity index is 1.77. The summed E-state index contributed by atoms with van der Waals surface area (Å²) >= 11 is 0. The molecule has 1 fully saturated rings. The van der Waals surface area contributed by atoms with Crippen molar-refractivity contribution in [3.63, 3.8) is 0 Å². The first kappa shape index (κ1) is 16.0. The quantitative estimate of drug-likeness (QED) is 0.857. The van der Waals surface area contributed by atoms with Crippen LogP contribution in [0.25, 0.3) is 11.1 Å². The molecular weight excluding hydrogens is 320 g/mol. The lowest BCUT2D eigenvalue weighted by atomic mass is 10.00. The zero-order chi connectivity index (χ0) is 17.6. The van der Waals surface area contributed by atoms with Crippen molar-refractivity contribution >= 4 is 5.91 Å². The van der Waals surface area contributed by atoms with Gasteiger partial charge in [-0.2, -0.15) is 0 Å². The molecular formula is C19H22N2O4. The average molecular weight is 342 g/mol. The van der Waals surface area contributed by atoms with Gasteiger partial charge in [0, 0.05) is 23.6 Å². The highest BCUT2D eigenvalue weighted by Gasteiger charge is 2.35. The number of aromatic nitrogens is 1. The smallest absolute Gasteiger partial charge is 0.226 e. The molecule has 1 aliphatic heterocycles. The van der Waals surface area contributed by atoms with Crippen molar-refractivity contribution in [2.45, 2.75) is 33.2 Å². The van der Waals surface area contributed by atoms with Crippen molar-refractivity contribution in [1.29, 1.82) is 0 Å². The molecule has 0 N–H and O–H groups in total. The van der Waals surface area contributed by atoms with E-state index in [2.05, 4.69) is 11.2 Å². The summed E-state index contributed by atoms with van der Waals surface area (Å²) in [6.07, 6.45) is 2.01. The monoisotopic (exact) mass is 342 g/mol. The summed E-state index contributed by atoms with van der Waals surface area (Å²) in [5.74, 6) is 2.60. The van der Waals surface area contributed by atoms with Gasteiger partial charge < -0.3 is 18.9 Å². The molecule has 0 unspecified atom stereocenters. The summed E-state index contributed by atoms with van der Waals surface area (Å²) in [6.45, 7) is 5.44. The number of hydrogen-bond acceptors (Lipinski definition) is 5.